The van der Waals surface area contributed by atoms with E-state index < -0.39 is 0 Å². The molecule has 3 nitrogen and oxygen atoms in total. The number of nitrogens with two attached hydrogens (primary N) is 1. The molecular weight excluding hydrogens is 236 g/mol. The molecule has 3 N–H and O–H groups in total. The normalized spacial score (nSPS) is 10.9. The lowest BCUT2D eigenvalue weighted by Gasteiger charge is -2.07. The van der Waals surface area contributed by atoms with Gasteiger partial charge in [-0.1, -0.05) is 38.1 Å². The van der Waals surface area contributed by atoms with Crippen molar-refractivity contribution in [3.05, 3.63) is 35.4 Å². The molecule has 0 aliphatic heterocycles. The van der Waals surface area contributed by atoms with Gasteiger partial charge in [0.1, 0.15) is 0 Å². The molecule has 19 heavy (non-hydrogen) atoms. The third-order valence-electron chi connectivity index (χ3n) is 3.02. The zero-order valence-electron chi connectivity index (χ0n) is 12.1. The quantitative estimate of drug-likeness (QED) is 0.672. The molecule has 0 heterocycles. The summed E-state index contributed by atoms with van der Waals surface area (Å²) in [6.07, 6.45) is 3.50. The van der Waals surface area contributed by atoms with Crippen molar-refractivity contribution in [2.45, 2.75) is 46.1 Å². The highest BCUT2D eigenvalue weighted by Gasteiger charge is 1.98. The topological polar surface area (TPSA) is 55.1 Å². The van der Waals surface area contributed by atoms with E-state index in [-0.39, 0.29) is 5.91 Å². The first-order valence-corrected chi connectivity index (χ1v) is 7.14. The second kappa shape index (κ2) is 8.70. The van der Waals surface area contributed by atoms with Gasteiger partial charge in [0.2, 0.25) is 5.91 Å². The minimum Gasteiger partial charge on any atom is -0.370 e. The first-order chi connectivity index (χ1) is 9.08. The summed E-state index contributed by atoms with van der Waals surface area (Å²) in [5, 5.41) is 3.38. The average molecular weight is 262 g/mol. The molecule has 0 saturated heterocycles. The maximum Gasteiger partial charge on any atom is 0.217 e. The van der Waals surface area contributed by atoms with Crippen LogP contribution in [0.5, 0.6) is 0 Å². The van der Waals surface area contributed by atoms with Crippen molar-refractivity contribution in [2.75, 3.05) is 6.54 Å². The number of hydrogen-bond donors (Lipinski definition) is 2. The molecule has 3 heteroatoms. The summed E-state index contributed by atoms with van der Waals surface area (Å²) < 4.78 is 0. The molecule has 1 amide bonds. The van der Waals surface area contributed by atoms with Crippen molar-refractivity contribution in [3.63, 3.8) is 0 Å². The van der Waals surface area contributed by atoms with E-state index in [0.717, 1.165) is 32.4 Å². The van der Waals surface area contributed by atoms with Gasteiger partial charge in [-0.2, -0.15) is 0 Å². The van der Waals surface area contributed by atoms with Crippen LogP contribution in [0.15, 0.2) is 24.3 Å². The fraction of sp³-hybridized carbons (Fsp3) is 0.562. The monoisotopic (exact) mass is 262 g/mol. The van der Waals surface area contributed by atoms with E-state index in [1.165, 1.54) is 11.1 Å². The molecule has 1 aromatic carbocycles. The van der Waals surface area contributed by atoms with E-state index in [4.69, 9.17) is 5.73 Å². The Morgan fingerprint density at radius 2 is 1.79 bits per heavy atom. The molecule has 0 spiro atoms. The van der Waals surface area contributed by atoms with Gasteiger partial charge in [0.25, 0.3) is 0 Å². The van der Waals surface area contributed by atoms with Crippen molar-refractivity contribution >= 4 is 5.91 Å². The van der Waals surface area contributed by atoms with Gasteiger partial charge in [-0.05, 0) is 42.9 Å². The highest BCUT2D eigenvalue weighted by atomic mass is 16.1. The Balaban J connectivity index is 2.17. The number of rotatable bonds is 9. The van der Waals surface area contributed by atoms with Crippen LogP contribution < -0.4 is 11.1 Å². The summed E-state index contributed by atoms with van der Waals surface area (Å²) in [7, 11) is 0. The predicted molar refractivity (Wildman–Crippen MR) is 79.7 cm³/mol. The summed E-state index contributed by atoms with van der Waals surface area (Å²) in [6, 6.07) is 8.80. The summed E-state index contributed by atoms with van der Waals surface area (Å²) in [4.78, 5) is 10.6. The summed E-state index contributed by atoms with van der Waals surface area (Å²) in [5.74, 6) is 0.495. The average Bonchev–Trinajstić information content (AvgIpc) is 2.34. The largest absolute Gasteiger partial charge is 0.370 e. The molecule has 0 aliphatic carbocycles. The van der Waals surface area contributed by atoms with Crippen molar-refractivity contribution in [1.82, 2.24) is 5.32 Å². The van der Waals surface area contributed by atoms with Gasteiger partial charge in [0, 0.05) is 13.0 Å². The van der Waals surface area contributed by atoms with E-state index in [1.807, 2.05) is 0 Å². The second-order valence-corrected chi connectivity index (χ2v) is 5.51. The summed E-state index contributed by atoms with van der Waals surface area (Å²) >= 11 is 0. The standard InChI is InChI=1S/C16H26N2O/c1-13(2)11-14-6-8-15(9-7-14)12-18-10-4-3-5-16(17)19/h6-9,13,18H,3-5,10-12H2,1-2H3,(H2,17,19). The fourth-order valence-corrected chi connectivity index (χ4v) is 2.05. The minimum absolute atomic E-state index is 0.208. The van der Waals surface area contributed by atoms with Gasteiger partial charge >= 0.3 is 0 Å². The lowest BCUT2D eigenvalue weighted by atomic mass is 10.0. The molecule has 0 saturated carbocycles. The van der Waals surface area contributed by atoms with E-state index >= 15 is 0 Å². The Kier molecular flexibility index (Phi) is 7.19. The first-order valence-electron chi connectivity index (χ1n) is 7.14. The predicted octanol–water partition coefficient (Wildman–Crippen LogP) is 2.63. The summed E-state index contributed by atoms with van der Waals surface area (Å²) in [6.45, 7) is 6.29. The SMILES string of the molecule is CC(C)Cc1ccc(CNCCCCC(N)=O)cc1. The molecule has 0 atom stereocenters. The third kappa shape index (κ3) is 7.62. The highest BCUT2D eigenvalue weighted by Crippen LogP contribution is 2.09. The number of benzene rings is 1. The Morgan fingerprint density at radius 1 is 1.16 bits per heavy atom. The van der Waals surface area contributed by atoms with Crippen LogP contribution in [0.25, 0.3) is 0 Å². The van der Waals surface area contributed by atoms with Crippen LogP contribution in [0, 0.1) is 5.92 Å². The van der Waals surface area contributed by atoms with Crippen LogP contribution in [-0.2, 0) is 17.8 Å². The van der Waals surface area contributed by atoms with Crippen LogP contribution in [0.2, 0.25) is 0 Å². The Hall–Kier alpha value is -1.35. The van der Waals surface area contributed by atoms with E-state index in [1.54, 1.807) is 0 Å². The molecule has 0 unspecified atom stereocenters. The molecule has 0 fully saturated rings. The molecule has 0 aromatic heterocycles. The first kappa shape index (κ1) is 15.7. The number of carbonyl (C=O) groups excluding carboxylic acids is 1. The molecule has 0 aliphatic rings. The van der Waals surface area contributed by atoms with E-state index in [2.05, 4.69) is 43.4 Å². The van der Waals surface area contributed by atoms with E-state index in [0.29, 0.717) is 12.3 Å². The van der Waals surface area contributed by atoms with Gasteiger partial charge in [-0.25, -0.2) is 0 Å². The molecule has 1 rings (SSSR count). The van der Waals surface area contributed by atoms with Gasteiger partial charge in [-0.15, -0.1) is 0 Å². The number of unbranched alkanes of at least 4 members (excludes halogenated alkanes) is 1. The van der Waals surface area contributed by atoms with Crippen LogP contribution in [0.4, 0.5) is 0 Å². The minimum atomic E-state index is -0.208. The van der Waals surface area contributed by atoms with Crippen molar-refractivity contribution in [3.8, 4) is 0 Å². The number of nitrogens with one attached hydrogen (secondary N) is 1. The highest BCUT2D eigenvalue weighted by molar-refractivity contribution is 5.73. The van der Waals surface area contributed by atoms with Gasteiger partial charge in [0.05, 0.1) is 0 Å². The van der Waals surface area contributed by atoms with Crippen LogP contribution in [-0.4, -0.2) is 12.5 Å². The number of amides is 1. The Labute approximate surface area is 116 Å². The Bertz CT molecular complexity index is 371. The van der Waals surface area contributed by atoms with Crippen LogP contribution >= 0.6 is 0 Å². The third-order valence-corrected chi connectivity index (χ3v) is 3.02. The molecule has 1 aromatic rings. The zero-order valence-corrected chi connectivity index (χ0v) is 12.1. The zero-order chi connectivity index (χ0) is 14.1. The number of primary amides is 1. The smallest absolute Gasteiger partial charge is 0.217 e. The van der Waals surface area contributed by atoms with Crippen molar-refractivity contribution < 1.29 is 4.79 Å². The lowest BCUT2D eigenvalue weighted by molar-refractivity contribution is -0.118. The molecule has 106 valence electrons. The van der Waals surface area contributed by atoms with Gasteiger partial charge < -0.3 is 11.1 Å². The van der Waals surface area contributed by atoms with Crippen LogP contribution in [0.1, 0.15) is 44.2 Å². The Morgan fingerprint density at radius 3 is 2.37 bits per heavy atom. The number of carbonyl (C=O) groups is 1. The van der Waals surface area contributed by atoms with Crippen LogP contribution in [0.3, 0.4) is 0 Å². The van der Waals surface area contributed by atoms with Crippen molar-refractivity contribution in [1.29, 1.82) is 0 Å². The molecule has 0 bridgehead atoms. The maximum atomic E-state index is 10.6. The van der Waals surface area contributed by atoms with E-state index in [9.17, 15) is 4.79 Å². The maximum absolute atomic E-state index is 10.6. The van der Waals surface area contributed by atoms with Gasteiger partial charge in [0.15, 0.2) is 0 Å². The number of hydrogen-bond acceptors (Lipinski definition) is 2. The second-order valence-electron chi connectivity index (χ2n) is 5.51. The van der Waals surface area contributed by atoms with Crippen molar-refractivity contribution in [2.24, 2.45) is 11.7 Å². The van der Waals surface area contributed by atoms with Gasteiger partial charge in [-0.3, -0.25) is 4.79 Å². The fourth-order valence-electron chi connectivity index (χ4n) is 2.05. The molecular formula is C16H26N2O. The lowest BCUT2D eigenvalue weighted by Crippen LogP contribution is -2.16. The molecule has 0 radical (unpaired) electrons. The summed E-state index contributed by atoms with van der Waals surface area (Å²) in [5.41, 5.74) is 7.80.